The van der Waals surface area contributed by atoms with Gasteiger partial charge in [-0.05, 0) is 55.0 Å². The van der Waals surface area contributed by atoms with Crippen LogP contribution < -0.4 is 10.1 Å². The summed E-state index contributed by atoms with van der Waals surface area (Å²) in [4.78, 5) is 27.2. The van der Waals surface area contributed by atoms with Crippen LogP contribution >= 0.6 is 23.2 Å². The summed E-state index contributed by atoms with van der Waals surface area (Å²) in [6.45, 7) is 0.297. The van der Waals surface area contributed by atoms with Crippen molar-refractivity contribution in [3.05, 3.63) is 63.6 Å². The van der Waals surface area contributed by atoms with E-state index < -0.39 is 5.54 Å². The second-order valence-electron chi connectivity index (χ2n) is 7.08. The highest BCUT2D eigenvalue weighted by molar-refractivity contribution is 6.35. The number of carbonyl (C=O) groups is 2. The zero-order valence-electron chi connectivity index (χ0n) is 15.2. The number of benzene rings is 2. The van der Waals surface area contributed by atoms with Gasteiger partial charge in [-0.3, -0.25) is 9.69 Å². The van der Waals surface area contributed by atoms with Crippen molar-refractivity contribution < 1.29 is 14.3 Å². The summed E-state index contributed by atoms with van der Waals surface area (Å²) in [6, 6.07) is 12.4. The van der Waals surface area contributed by atoms with Crippen LogP contribution in [0.4, 0.5) is 4.79 Å². The van der Waals surface area contributed by atoms with Gasteiger partial charge in [-0.2, -0.15) is 0 Å². The van der Waals surface area contributed by atoms with E-state index in [0.29, 0.717) is 22.2 Å². The molecule has 2 aromatic carbocycles. The van der Waals surface area contributed by atoms with E-state index >= 15 is 0 Å². The molecule has 1 unspecified atom stereocenters. The molecule has 0 radical (unpaired) electrons. The molecule has 5 nitrogen and oxygen atoms in total. The maximum Gasteiger partial charge on any atom is 0.325 e. The number of nitrogens with one attached hydrogen (secondary N) is 1. The van der Waals surface area contributed by atoms with Crippen molar-refractivity contribution in [2.24, 2.45) is 0 Å². The fourth-order valence-corrected chi connectivity index (χ4v) is 4.48. The van der Waals surface area contributed by atoms with Crippen LogP contribution in [0.1, 0.15) is 30.4 Å². The maximum absolute atomic E-state index is 13.3. The largest absolute Gasteiger partial charge is 0.490 e. The zero-order valence-corrected chi connectivity index (χ0v) is 16.7. The number of urea groups is 1. The Morgan fingerprint density at radius 2 is 1.93 bits per heavy atom. The molecule has 1 atom stereocenters. The van der Waals surface area contributed by atoms with E-state index in [-0.39, 0.29) is 25.1 Å². The number of hydrogen-bond acceptors (Lipinski definition) is 3. The summed E-state index contributed by atoms with van der Waals surface area (Å²) in [5.74, 6) is 0.255. The molecular formula is C21H20Cl2N2O3. The van der Waals surface area contributed by atoms with Crippen molar-refractivity contribution in [2.75, 3.05) is 13.2 Å². The smallest absolute Gasteiger partial charge is 0.325 e. The zero-order chi connectivity index (χ0) is 19.7. The van der Waals surface area contributed by atoms with Crippen molar-refractivity contribution in [2.45, 2.75) is 31.2 Å². The van der Waals surface area contributed by atoms with E-state index in [1.165, 1.54) is 4.90 Å². The minimum Gasteiger partial charge on any atom is -0.490 e. The Hall–Kier alpha value is -2.24. The van der Waals surface area contributed by atoms with Gasteiger partial charge in [-0.15, -0.1) is 0 Å². The molecule has 1 N–H and O–H groups in total. The van der Waals surface area contributed by atoms with Gasteiger partial charge in [-0.1, -0.05) is 47.5 Å². The monoisotopic (exact) mass is 418 g/mol. The number of hydrogen-bond donors (Lipinski definition) is 1. The minimum absolute atomic E-state index is 0.146. The minimum atomic E-state index is -0.970. The molecule has 0 aromatic heterocycles. The van der Waals surface area contributed by atoms with Crippen LogP contribution in [0.3, 0.4) is 0 Å². The van der Waals surface area contributed by atoms with Crippen molar-refractivity contribution in [3.8, 4) is 5.75 Å². The van der Waals surface area contributed by atoms with E-state index in [1.807, 2.05) is 24.3 Å². The third-order valence-electron chi connectivity index (χ3n) is 5.37. The molecule has 2 aliphatic rings. The van der Waals surface area contributed by atoms with E-state index in [4.69, 9.17) is 27.9 Å². The van der Waals surface area contributed by atoms with E-state index in [9.17, 15) is 9.59 Å². The molecule has 2 aromatic rings. The Kier molecular flexibility index (Phi) is 5.21. The summed E-state index contributed by atoms with van der Waals surface area (Å²) in [5.41, 5.74) is 1.07. The lowest BCUT2D eigenvalue weighted by atomic mass is 9.84. The SMILES string of the molecule is O=C1NC2(CCCCc3ccccc32)C(=O)N1CCOc1ccc(Cl)cc1Cl. The lowest BCUT2D eigenvalue weighted by Crippen LogP contribution is -2.44. The van der Waals surface area contributed by atoms with Crippen LogP contribution in [-0.2, 0) is 16.8 Å². The molecule has 3 amide bonds. The summed E-state index contributed by atoms with van der Waals surface area (Å²) in [5, 5.41) is 3.87. The van der Waals surface area contributed by atoms with Gasteiger partial charge >= 0.3 is 6.03 Å². The highest BCUT2D eigenvalue weighted by atomic mass is 35.5. The molecule has 1 spiro atoms. The summed E-state index contributed by atoms with van der Waals surface area (Å²) < 4.78 is 5.66. The fourth-order valence-electron chi connectivity index (χ4n) is 4.02. The number of rotatable bonds is 4. The number of ether oxygens (including phenoxy) is 1. The Balaban J connectivity index is 1.51. The fraction of sp³-hybridized carbons (Fsp3) is 0.333. The molecule has 1 fully saturated rings. The third-order valence-corrected chi connectivity index (χ3v) is 5.90. The number of aryl methyl sites for hydroxylation is 1. The van der Waals surface area contributed by atoms with E-state index in [0.717, 1.165) is 30.4 Å². The van der Waals surface area contributed by atoms with Crippen LogP contribution in [0.25, 0.3) is 0 Å². The van der Waals surface area contributed by atoms with Crippen molar-refractivity contribution >= 4 is 35.1 Å². The second kappa shape index (κ2) is 7.64. The summed E-state index contributed by atoms with van der Waals surface area (Å²) in [6.07, 6.45) is 3.40. The average Bonchev–Trinajstić information content (AvgIpc) is 2.81. The lowest BCUT2D eigenvalue weighted by Gasteiger charge is -2.27. The first kappa shape index (κ1) is 19.1. The molecule has 7 heteroatoms. The van der Waals surface area contributed by atoms with Gasteiger partial charge in [0.05, 0.1) is 11.6 Å². The first-order valence-electron chi connectivity index (χ1n) is 9.31. The van der Waals surface area contributed by atoms with Crippen molar-refractivity contribution in [3.63, 3.8) is 0 Å². The topological polar surface area (TPSA) is 58.6 Å². The van der Waals surface area contributed by atoms with Crippen LogP contribution in [-0.4, -0.2) is 30.0 Å². The van der Waals surface area contributed by atoms with Gasteiger partial charge in [-0.25, -0.2) is 4.79 Å². The number of halogens is 2. The molecule has 146 valence electrons. The van der Waals surface area contributed by atoms with Gasteiger partial charge in [0.15, 0.2) is 0 Å². The van der Waals surface area contributed by atoms with Gasteiger partial charge in [0, 0.05) is 5.02 Å². The molecular weight excluding hydrogens is 399 g/mol. The van der Waals surface area contributed by atoms with Crippen LogP contribution in [0.2, 0.25) is 10.0 Å². The normalized spacial score (nSPS) is 21.4. The maximum atomic E-state index is 13.3. The highest BCUT2D eigenvalue weighted by Gasteiger charge is 2.53. The molecule has 4 rings (SSSR count). The Morgan fingerprint density at radius 3 is 2.75 bits per heavy atom. The standard InChI is InChI=1S/C21H20Cl2N2O3/c22-15-8-9-18(17(23)13-15)28-12-11-25-19(26)21(24-20(25)27)10-4-3-6-14-5-1-2-7-16(14)21/h1-2,5,7-9,13H,3-4,6,10-12H2,(H,24,27). The molecule has 1 aliphatic carbocycles. The van der Waals surface area contributed by atoms with Crippen LogP contribution in [0.5, 0.6) is 5.75 Å². The van der Waals surface area contributed by atoms with Gasteiger partial charge in [0.1, 0.15) is 17.9 Å². The Labute approximate surface area is 173 Å². The number of imide groups is 1. The summed E-state index contributed by atoms with van der Waals surface area (Å²) in [7, 11) is 0. The van der Waals surface area contributed by atoms with Crippen LogP contribution in [0, 0.1) is 0 Å². The molecule has 1 aliphatic heterocycles. The number of amides is 3. The highest BCUT2D eigenvalue weighted by Crippen LogP contribution is 2.39. The second-order valence-corrected chi connectivity index (χ2v) is 7.92. The number of nitrogens with zero attached hydrogens (tertiary/aromatic N) is 1. The first-order valence-corrected chi connectivity index (χ1v) is 10.1. The predicted octanol–water partition coefficient (Wildman–Crippen LogP) is 4.55. The summed E-state index contributed by atoms with van der Waals surface area (Å²) >= 11 is 12.0. The average molecular weight is 419 g/mol. The number of fused-ring (bicyclic) bond motifs is 2. The van der Waals surface area contributed by atoms with Gasteiger partial charge in [0.2, 0.25) is 0 Å². The van der Waals surface area contributed by atoms with Gasteiger partial charge < -0.3 is 10.1 Å². The van der Waals surface area contributed by atoms with E-state index in [2.05, 4.69) is 5.32 Å². The molecule has 28 heavy (non-hydrogen) atoms. The third kappa shape index (κ3) is 3.33. The van der Waals surface area contributed by atoms with Crippen molar-refractivity contribution in [1.82, 2.24) is 10.2 Å². The first-order chi connectivity index (χ1) is 13.5. The van der Waals surface area contributed by atoms with Crippen molar-refractivity contribution in [1.29, 1.82) is 0 Å². The Bertz CT molecular complexity index is 934. The van der Waals surface area contributed by atoms with Gasteiger partial charge in [0.25, 0.3) is 5.91 Å². The molecule has 0 bridgehead atoms. The molecule has 1 heterocycles. The quantitative estimate of drug-likeness (QED) is 0.740. The van der Waals surface area contributed by atoms with Crippen LogP contribution in [0.15, 0.2) is 42.5 Å². The van der Waals surface area contributed by atoms with E-state index in [1.54, 1.807) is 18.2 Å². The lowest BCUT2D eigenvalue weighted by molar-refractivity contribution is -0.132. The Morgan fingerprint density at radius 1 is 1.11 bits per heavy atom. The predicted molar refractivity (Wildman–Crippen MR) is 108 cm³/mol. The molecule has 0 saturated carbocycles. The molecule has 1 saturated heterocycles. The number of carbonyl (C=O) groups excluding carboxylic acids is 2.